The van der Waals surface area contributed by atoms with Gasteiger partial charge in [-0.25, -0.2) is 4.79 Å². The zero-order chi connectivity index (χ0) is 20.2. The van der Waals surface area contributed by atoms with E-state index in [4.69, 9.17) is 5.73 Å². The minimum absolute atomic E-state index is 0.116. The topological polar surface area (TPSA) is 66.6 Å². The van der Waals surface area contributed by atoms with Crippen LogP contribution in [0, 0.1) is 0 Å². The van der Waals surface area contributed by atoms with Crippen molar-refractivity contribution in [3.05, 3.63) is 84.4 Å². The minimum atomic E-state index is -0.425. The van der Waals surface area contributed by atoms with Gasteiger partial charge in [-0.15, -0.1) is 0 Å². The Morgan fingerprint density at radius 3 is 1.97 bits per heavy atom. The van der Waals surface area contributed by atoms with Crippen molar-refractivity contribution in [3.8, 4) is 0 Å². The summed E-state index contributed by atoms with van der Waals surface area (Å²) in [6, 6.07) is 25.3. The summed E-state index contributed by atoms with van der Waals surface area (Å²) in [6.07, 6.45) is 0.116. The molecule has 0 aliphatic carbocycles. The summed E-state index contributed by atoms with van der Waals surface area (Å²) in [7, 11) is 0. The van der Waals surface area contributed by atoms with Gasteiger partial charge in [0, 0.05) is 29.3 Å². The van der Waals surface area contributed by atoms with Gasteiger partial charge in [0.05, 0.1) is 11.4 Å². The highest BCUT2D eigenvalue weighted by Gasteiger charge is 2.31. The van der Waals surface area contributed by atoms with Crippen LogP contribution < -0.4 is 10.6 Å². The molecule has 0 spiro atoms. The number of fused-ring (bicyclic) bond motifs is 2. The van der Waals surface area contributed by atoms with Crippen LogP contribution in [0.15, 0.2) is 88.7 Å². The number of anilines is 2. The molecule has 0 fully saturated rings. The van der Waals surface area contributed by atoms with Crippen LogP contribution in [0.3, 0.4) is 0 Å². The molecule has 0 atom stereocenters. The van der Waals surface area contributed by atoms with Crippen molar-refractivity contribution in [3.63, 3.8) is 0 Å². The largest absolute Gasteiger partial charge is 0.370 e. The van der Waals surface area contributed by atoms with E-state index in [-0.39, 0.29) is 19.0 Å². The number of rotatable bonds is 5. The van der Waals surface area contributed by atoms with Crippen molar-refractivity contribution >= 4 is 35.1 Å². The molecule has 1 heterocycles. The fourth-order valence-electron chi connectivity index (χ4n) is 3.34. The van der Waals surface area contributed by atoms with Gasteiger partial charge in [0.25, 0.3) is 0 Å². The lowest BCUT2D eigenvalue weighted by atomic mass is 10.2. The molecule has 3 amide bonds. The Labute approximate surface area is 174 Å². The summed E-state index contributed by atoms with van der Waals surface area (Å²) in [4.78, 5) is 30.6. The lowest BCUT2D eigenvalue weighted by molar-refractivity contribution is -0.118. The maximum atomic E-state index is 13.7. The lowest BCUT2D eigenvalue weighted by Gasteiger charge is -2.35. The van der Waals surface area contributed by atoms with E-state index >= 15 is 0 Å². The first-order chi connectivity index (χ1) is 14.1. The molecule has 0 bridgehead atoms. The molecular weight excluding hydrogens is 382 g/mol. The van der Waals surface area contributed by atoms with E-state index in [0.717, 1.165) is 26.7 Å². The van der Waals surface area contributed by atoms with Crippen LogP contribution in [0.2, 0.25) is 0 Å². The van der Waals surface area contributed by atoms with Gasteiger partial charge in [0.1, 0.15) is 0 Å². The number of carbonyl (C=O) groups excluding carboxylic acids is 2. The second kappa shape index (κ2) is 8.41. The minimum Gasteiger partial charge on any atom is -0.370 e. The molecule has 146 valence electrons. The van der Waals surface area contributed by atoms with Crippen LogP contribution in [0.5, 0.6) is 0 Å². The van der Waals surface area contributed by atoms with Gasteiger partial charge in [-0.2, -0.15) is 0 Å². The third-order valence-electron chi connectivity index (χ3n) is 4.74. The highest BCUT2D eigenvalue weighted by molar-refractivity contribution is 7.99. The molecule has 0 aromatic heterocycles. The molecule has 1 aliphatic heterocycles. The Hall–Kier alpha value is -3.25. The van der Waals surface area contributed by atoms with Gasteiger partial charge in [-0.1, -0.05) is 66.4 Å². The Morgan fingerprint density at radius 1 is 0.828 bits per heavy atom. The lowest BCUT2D eigenvalue weighted by Crippen LogP contribution is -2.42. The first kappa shape index (κ1) is 19.1. The van der Waals surface area contributed by atoms with Crippen LogP contribution in [0.25, 0.3) is 0 Å². The standard InChI is InChI=1S/C23H21N3O2S/c24-22(27)14-15-25(16-17-8-2-1-3-9-17)23(28)26-18-10-4-6-12-20(18)29-21-13-7-5-11-19(21)26/h1-13H,14-16H2,(H2,24,27). The van der Waals surface area contributed by atoms with Crippen LogP contribution in [-0.2, 0) is 11.3 Å². The van der Waals surface area contributed by atoms with Crippen LogP contribution >= 0.6 is 11.8 Å². The zero-order valence-corrected chi connectivity index (χ0v) is 16.6. The predicted molar refractivity (Wildman–Crippen MR) is 115 cm³/mol. The molecule has 6 heteroatoms. The molecule has 3 aromatic rings. The molecule has 0 unspecified atom stereocenters. The fourth-order valence-corrected chi connectivity index (χ4v) is 4.40. The van der Waals surface area contributed by atoms with Crippen molar-refractivity contribution in [2.75, 3.05) is 11.4 Å². The number of hydrogen-bond acceptors (Lipinski definition) is 3. The van der Waals surface area contributed by atoms with Gasteiger partial charge in [-0.05, 0) is 29.8 Å². The van der Waals surface area contributed by atoms with Crippen LogP contribution in [0.1, 0.15) is 12.0 Å². The number of amides is 3. The van der Waals surface area contributed by atoms with E-state index in [1.54, 1.807) is 21.6 Å². The molecule has 2 N–H and O–H groups in total. The summed E-state index contributed by atoms with van der Waals surface area (Å²) in [5, 5.41) is 0. The van der Waals surface area contributed by atoms with E-state index in [2.05, 4.69) is 0 Å². The number of benzene rings is 3. The zero-order valence-electron chi connectivity index (χ0n) is 15.8. The number of nitrogens with two attached hydrogens (primary N) is 1. The third-order valence-corrected chi connectivity index (χ3v) is 5.87. The molecule has 0 radical (unpaired) electrons. The average molecular weight is 404 g/mol. The highest BCUT2D eigenvalue weighted by Crippen LogP contribution is 2.48. The summed E-state index contributed by atoms with van der Waals surface area (Å²) < 4.78 is 0. The van der Waals surface area contributed by atoms with Gasteiger partial charge >= 0.3 is 6.03 Å². The predicted octanol–water partition coefficient (Wildman–Crippen LogP) is 4.79. The van der Waals surface area contributed by atoms with Gasteiger partial charge < -0.3 is 10.6 Å². The Morgan fingerprint density at radius 2 is 1.38 bits per heavy atom. The van der Waals surface area contributed by atoms with Gasteiger partial charge in [-0.3, -0.25) is 9.69 Å². The second-order valence-corrected chi connectivity index (χ2v) is 7.86. The number of para-hydroxylation sites is 2. The SMILES string of the molecule is NC(=O)CCN(Cc1ccccc1)C(=O)N1c2ccccc2Sc2ccccc21. The van der Waals surface area contributed by atoms with E-state index in [1.165, 1.54) is 0 Å². The van der Waals surface area contributed by atoms with Crippen molar-refractivity contribution in [2.45, 2.75) is 22.8 Å². The third kappa shape index (κ3) is 4.12. The molecule has 1 aliphatic rings. The van der Waals surface area contributed by atoms with Crippen molar-refractivity contribution in [1.82, 2.24) is 4.90 Å². The summed E-state index contributed by atoms with van der Waals surface area (Å²) in [5.41, 5.74) is 8.06. The van der Waals surface area contributed by atoms with Gasteiger partial charge in [0.2, 0.25) is 5.91 Å². The highest BCUT2D eigenvalue weighted by atomic mass is 32.2. The fraction of sp³-hybridized carbons (Fsp3) is 0.130. The molecule has 3 aromatic carbocycles. The van der Waals surface area contributed by atoms with Gasteiger partial charge in [0.15, 0.2) is 0 Å². The number of urea groups is 1. The quantitative estimate of drug-likeness (QED) is 0.666. The van der Waals surface area contributed by atoms with E-state index in [0.29, 0.717) is 6.54 Å². The normalized spacial score (nSPS) is 12.1. The van der Waals surface area contributed by atoms with E-state index in [1.807, 2.05) is 78.9 Å². The van der Waals surface area contributed by atoms with E-state index in [9.17, 15) is 9.59 Å². The molecule has 4 rings (SSSR count). The molecule has 0 saturated carbocycles. The smallest absolute Gasteiger partial charge is 0.329 e. The number of primary amides is 1. The molecule has 0 saturated heterocycles. The average Bonchev–Trinajstić information content (AvgIpc) is 2.75. The van der Waals surface area contributed by atoms with Crippen LogP contribution in [-0.4, -0.2) is 23.4 Å². The summed E-state index contributed by atoms with van der Waals surface area (Å²) in [5.74, 6) is -0.425. The number of nitrogens with zero attached hydrogens (tertiary/aromatic N) is 2. The first-order valence-corrected chi connectivity index (χ1v) is 10.2. The van der Waals surface area contributed by atoms with E-state index < -0.39 is 5.91 Å². The van der Waals surface area contributed by atoms with Crippen molar-refractivity contribution in [1.29, 1.82) is 0 Å². The van der Waals surface area contributed by atoms with Crippen LogP contribution in [0.4, 0.5) is 16.2 Å². The Bertz CT molecular complexity index is 994. The number of hydrogen-bond donors (Lipinski definition) is 1. The maximum absolute atomic E-state index is 13.7. The first-order valence-electron chi connectivity index (χ1n) is 9.40. The second-order valence-electron chi connectivity index (χ2n) is 6.78. The monoisotopic (exact) mass is 403 g/mol. The Kier molecular flexibility index (Phi) is 5.53. The van der Waals surface area contributed by atoms with Crippen molar-refractivity contribution in [2.24, 2.45) is 5.73 Å². The molecule has 5 nitrogen and oxygen atoms in total. The Balaban J connectivity index is 1.72. The summed E-state index contributed by atoms with van der Waals surface area (Å²) >= 11 is 1.65. The molecular formula is C23H21N3O2S. The molecule has 29 heavy (non-hydrogen) atoms. The van der Waals surface area contributed by atoms with Crippen molar-refractivity contribution < 1.29 is 9.59 Å². The summed E-state index contributed by atoms with van der Waals surface area (Å²) in [6.45, 7) is 0.665. The maximum Gasteiger partial charge on any atom is 0.329 e. The number of carbonyl (C=O) groups is 2.